The fourth-order valence-corrected chi connectivity index (χ4v) is 6.15. The predicted molar refractivity (Wildman–Crippen MR) is 82.5 cm³/mol. The number of carboxylic acids is 1. The molecule has 0 aliphatic heterocycles. The fraction of sp³-hybridized carbons (Fsp3) is 0.462. The van der Waals surface area contributed by atoms with Crippen LogP contribution in [-0.4, -0.2) is 44.8 Å². The summed E-state index contributed by atoms with van der Waals surface area (Å²) in [6.45, 7) is 2.51. The highest BCUT2D eigenvalue weighted by Crippen LogP contribution is 2.50. The zero-order chi connectivity index (χ0) is 17.5. The Balaban J connectivity index is 3.12. The van der Waals surface area contributed by atoms with Gasteiger partial charge in [-0.1, -0.05) is 12.1 Å². The maximum atomic E-state index is 12.5. The van der Waals surface area contributed by atoms with Crippen LogP contribution in [0.3, 0.4) is 0 Å². The Morgan fingerprint density at radius 3 is 2.26 bits per heavy atom. The molecule has 0 amide bonds. The van der Waals surface area contributed by atoms with E-state index in [0.29, 0.717) is 0 Å². The van der Waals surface area contributed by atoms with Gasteiger partial charge in [0, 0.05) is 0 Å². The maximum absolute atomic E-state index is 12.5. The van der Waals surface area contributed by atoms with Gasteiger partial charge in [0.1, 0.15) is 10.6 Å². The van der Waals surface area contributed by atoms with Crippen LogP contribution in [-0.2, 0) is 28.2 Å². The summed E-state index contributed by atoms with van der Waals surface area (Å²) < 4.78 is 52.4. The lowest BCUT2D eigenvalue weighted by molar-refractivity contribution is -0.139. The smallest absolute Gasteiger partial charge is 0.346 e. The van der Waals surface area contributed by atoms with Gasteiger partial charge in [-0.2, -0.15) is 0 Å². The van der Waals surface area contributed by atoms with Gasteiger partial charge in [0.05, 0.1) is 13.2 Å². The van der Waals surface area contributed by atoms with Crippen molar-refractivity contribution in [2.45, 2.75) is 18.7 Å². The van der Waals surface area contributed by atoms with Gasteiger partial charge in [-0.15, -0.1) is 0 Å². The van der Waals surface area contributed by atoms with Crippen molar-refractivity contribution in [3.05, 3.63) is 24.3 Å². The standard InChI is InChI=1S/C13H19O8PS/c1-3-20-22(16,21-4-2)10-23(17,18)12-8-6-5-7-11(12)19-9-13(14)15/h5-8H,3-4,9-10H2,1-2H3,(H,14,15). The number of aliphatic carboxylic acids is 1. The summed E-state index contributed by atoms with van der Waals surface area (Å²) in [6, 6.07) is 5.52. The Hall–Kier alpha value is -1.41. The number of para-hydroxylation sites is 1. The van der Waals surface area contributed by atoms with E-state index in [2.05, 4.69) is 0 Å². The first-order chi connectivity index (χ1) is 10.7. The van der Waals surface area contributed by atoms with Gasteiger partial charge in [-0.3, -0.25) is 4.57 Å². The molecular weight excluding hydrogens is 347 g/mol. The van der Waals surface area contributed by atoms with Crippen LogP contribution in [0.15, 0.2) is 29.2 Å². The Kier molecular flexibility index (Phi) is 7.21. The van der Waals surface area contributed by atoms with E-state index in [0.717, 1.165) is 0 Å². The molecule has 0 fully saturated rings. The summed E-state index contributed by atoms with van der Waals surface area (Å²) in [4.78, 5) is 10.3. The first-order valence-corrected chi connectivity index (χ1v) is 10.2. The highest BCUT2D eigenvalue weighted by molar-refractivity contribution is 7.97. The van der Waals surface area contributed by atoms with Crippen molar-refractivity contribution in [1.29, 1.82) is 0 Å². The molecule has 0 atom stereocenters. The summed E-state index contributed by atoms with van der Waals surface area (Å²) in [6.07, 6.45) is 0. The monoisotopic (exact) mass is 366 g/mol. The third kappa shape index (κ3) is 5.95. The van der Waals surface area contributed by atoms with Crippen LogP contribution in [0.5, 0.6) is 5.75 Å². The summed E-state index contributed by atoms with van der Waals surface area (Å²) >= 11 is 0. The van der Waals surface area contributed by atoms with Crippen molar-refractivity contribution in [2.24, 2.45) is 0 Å². The molecule has 1 aromatic carbocycles. The minimum atomic E-state index is -4.07. The summed E-state index contributed by atoms with van der Waals surface area (Å²) in [7, 11) is -7.90. The molecule has 0 bridgehead atoms. The van der Waals surface area contributed by atoms with Gasteiger partial charge in [0.15, 0.2) is 21.9 Å². The SMILES string of the molecule is CCOP(=O)(CS(=O)(=O)c1ccccc1OCC(=O)O)OCC. The van der Waals surface area contributed by atoms with E-state index < -0.39 is 35.5 Å². The van der Waals surface area contributed by atoms with Gasteiger partial charge in [-0.05, 0) is 26.0 Å². The molecular formula is C13H19O8PS. The van der Waals surface area contributed by atoms with Crippen LogP contribution in [0.4, 0.5) is 0 Å². The number of rotatable bonds is 10. The van der Waals surface area contributed by atoms with Crippen molar-refractivity contribution < 1.29 is 36.7 Å². The van der Waals surface area contributed by atoms with E-state index in [1.54, 1.807) is 13.8 Å². The molecule has 0 saturated heterocycles. The van der Waals surface area contributed by atoms with Crippen molar-refractivity contribution in [3.63, 3.8) is 0 Å². The van der Waals surface area contributed by atoms with Crippen LogP contribution in [0.1, 0.15) is 13.8 Å². The van der Waals surface area contributed by atoms with E-state index >= 15 is 0 Å². The molecule has 1 rings (SSSR count). The molecule has 0 unspecified atom stereocenters. The van der Waals surface area contributed by atoms with Gasteiger partial charge < -0.3 is 18.9 Å². The molecule has 0 aromatic heterocycles. The highest BCUT2D eigenvalue weighted by Gasteiger charge is 2.34. The summed E-state index contributed by atoms with van der Waals surface area (Å²) in [5.74, 6) is -1.37. The second-order valence-corrected chi connectivity index (χ2v) is 8.76. The maximum Gasteiger partial charge on any atom is 0.346 e. The van der Waals surface area contributed by atoms with Crippen molar-refractivity contribution >= 4 is 23.4 Å². The molecule has 1 aromatic rings. The second-order valence-electron chi connectivity index (χ2n) is 4.32. The average molecular weight is 366 g/mol. The number of sulfone groups is 1. The lowest BCUT2D eigenvalue weighted by Gasteiger charge is -2.18. The van der Waals surface area contributed by atoms with E-state index in [9.17, 15) is 17.8 Å². The third-order valence-corrected chi connectivity index (χ3v) is 7.45. The number of hydrogen-bond donors (Lipinski definition) is 1. The van der Waals surface area contributed by atoms with Crippen LogP contribution >= 0.6 is 7.60 Å². The third-order valence-electron chi connectivity index (χ3n) is 2.52. The number of ether oxygens (including phenoxy) is 1. The molecule has 130 valence electrons. The Morgan fingerprint density at radius 1 is 1.17 bits per heavy atom. The van der Waals surface area contributed by atoms with Crippen LogP contribution in [0, 0.1) is 0 Å². The summed E-state index contributed by atoms with van der Waals surface area (Å²) in [5.41, 5.74) is -0.852. The molecule has 0 radical (unpaired) electrons. The zero-order valence-electron chi connectivity index (χ0n) is 12.8. The van der Waals surface area contributed by atoms with E-state index in [4.69, 9.17) is 18.9 Å². The fourth-order valence-electron chi connectivity index (χ4n) is 1.75. The van der Waals surface area contributed by atoms with Crippen LogP contribution in [0.2, 0.25) is 0 Å². The molecule has 0 spiro atoms. The van der Waals surface area contributed by atoms with Crippen LogP contribution in [0.25, 0.3) is 0 Å². The molecule has 0 aliphatic rings. The topological polar surface area (TPSA) is 116 Å². The predicted octanol–water partition coefficient (Wildman–Crippen LogP) is 2.15. The summed E-state index contributed by atoms with van der Waals surface area (Å²) in [5, 5.41) is 8.64. The van der Waals surface area contributed by atoms with E-state index in [1.165, 1.54) is 24.3 Å². The molecule has 0 saturated carbocycles. The highest BCUT2D eigenvalue weighted by atomic mass is 32.2. The first kappa shape index (κ1) is 19.6. The van der Waals surface area contributed by atoms with Gasteiger partial charge >= 0.3 is 13.6 Å². The van der Waals surface area contributed by atoms with E-state index in [-0.39, 0.29) is 23.9 Å². The first-order valence-electron chi connectivity index (χ1n) is 6.78. The zero-order valence-corrected chi connectivity index (χ0v) is 14.5. The van der Waals surface area contributed by atoms with Gasteiger partial charge in [0.2, 0.25) is 0 Å². The largest absolute Gasteiger partial charge is 0.481 e. The van der Waals surface area contributed by atoms with Gasteiger partial charge in [-0.25, -0.2) is 13.2 Å². The number of carbonyl (C=O) groups is 1. The molecule has 0 heterocycles. The van der Waals surface area contributed by atoms with Crippen LogP contribution < -0.4 is 4.74 Å². The van der Waals surface area contributed by atoms with Crippen molar-refractivity contribution in [3.8, 4) is 5.75 Å². The second kappa shape index (κ2) is 8.44. The minimum absolute atomic E-state index is 0.0317. The Bertz CT molecular complexity index is 675. The molecule has 23 heavy (non-hydrogen) atoms. The Morgan fingerprint density at radius 2 is 1.74 bits per heavy atom. The average Bonchev–Trinajstić information content (AvgIpc) is 2.45. The normalized spacial score (nSPS) is 12.1. The molecule has 0 aliphatic carbocycles. The van der Waals surface area contributed by atoms with Crippen molar-refractivity contribution in [2.75, 3.05) is 25.3 Å². The van der Waals surface area contributed by atoms with Crippen molar-refractivity contribution in [1.82, 2.24) is 0 Å². The quantitative estimate of drug-likeness (QED) is 0.626. The molecule has 8 nitrogen and oxygen atoms in total. The van der Waals surface area contributed by atoms with Gasteiger partial charge in [0.25, 0.3) is 0 Å². The number of benzene rings is 1. The minimum Gasteiger partial charge on any atom is -0.481 e. The number of hydrogen-bond acceptors (Lipinski definition) is 7. The number of carboxylic acid groups (broad SMARTS) is 1. The Labute approximate surface area is 134 Å². The van der Waals surface area contributed by atoms with E-state index in [1.807, 2.05) is 0 Å². The lowest BCUT2D eigenvalue weighted by Crippen LogP contribution is -2.15. The molecule has 1 N–H and O–H groups in total. The molecule has 10 heteroatoms. The lowest BCUT2D eigenvalue weighted by atomic mass is 10.3.